The van der Waals surface area contributed by atoms with Crippen molar-refractivity contribution < 1.29 is 9.18 Å². The molecular weight excluding hydrogens is 243 g/mol. The summed E-state index contributed by atoms with van der Waals surface area (Å²) in [6.07, 6.45) is 0. The molecule has 0 aliphatic heterocycles. The second kappa shape index (κ2) is 5.10. The fourth-order valence-electron chi connectivity index (χ4n) is 1.84. The summed E-state index contributed by atoms with van der Waals surface area (Å²) in [6.45, 7) is 1.83. The van der Waals surface area contributed by atoms with Gasteiger partial charge in [0.1, 0.15) is 5.82 Å². The summed E-state index contributed by atoms with van der Waals surface area (Å²) in [5.74, 6) is -0.696. The zero-order chi connectivity index (χ0) is 14.0. The molecule has 1 amide bonds. The van der Waals surface area contributed by atoms with Gasteiger partial charge in [-0.05, 0) is 42.8 Å². The van der Waals surface area contributed by atoms with E-state index in [-0.39, 0.29) is 11.6 Å². The van der Waals surface area contributed by atoms with Crippen molar-refractivity contribution in [1.29, 1.82) is 0 Å². The molecule has 0 saturated carbocycles. The molecule has 0 radical (unpaired) electrons. The number of aryl methyl sites for hydroxylation is 1. The van der Waals surface area contributed by atoms with E-state index in [1.165, 1.54) is 11.0 Å². The molecule has 2 rings (SSSR count). The van der Waals surface area contributed by atoms with Crippen LogP contribution in [0.5, 0.6) is 0 Å². The van der Waals surface area contributed by atoms with Crippen LogP contribution in [0.4, 0.5) is 15.8 Å². The van der Waals surface area contributed by atoms with Gasteiger partial charge >= 0.3 is 0 Å². The van der Waals surface area contributed by atoms with Crippen molar-refractivity contribution >= 4 is 17.3 Å². The molecule has 3 nitrogen and oxygen atoms in total. The van der Waals surface area contributed by atoms with E-state index in [0.717, 1.165) is 5.56 Å². The zero-order valence-corrected chi connectivity index (χ0v) is 10.9. The number of hydrogen-bond acceptors (Lipinski definition) is 2. The monoisotopic (exact) mass is 258 g/mol. The number of anilines is 2. The summed E-state index contributed by atoms with van der Waals surface area (Å²) < 4.78 is 13.6. The second-order valence-electron chi connectivity index (χ2n) is 4.39. The summed E-state index contributed by atoms with van der Waals surface area (Å²) >= 11 is 0. The highest BCUT2D eigenvalue weighted by atomic mass is 19.1. The predicted molar refractivity (Wildman–Crippen MR) is 74.7 cm³/mol. The first kappa shape index (κ1) is 13.1. The minimum Gasteiger partial charge on any atom is -0.399 e. The molecule has 0 heterocycles. The van der Waals surface area contributed by atoms with E-state index in [9.17, 15) is 9.18 Å². The number of halogens is 1. The van der Waals surface area contributed by atoms with Crippen LogP contribution in [0.1, 0.15) is 15.9 Å². The number of amides is 1. The molecule has 0 aliphatic rings. The Balaban J connectivity index is 2.34. The first-order valence-electron chi connectivity index (χ1n) is 5.89. The molecular formula is C15H15FN2O. The molecule has 0 fully saturated rings. The van der Waals surface area contributed by atoms with Crippen molar-refractivity contribution in [3.8, 4) is 0 Å². The molecule has 4 heteroatoms. The Labute approximate surface area is 111 Å². The van der Waals surface area contributed by atoms with E-state index in [2.05, 4.69) is 0 Å². The highest BCUT2D eigenvalue weighted by Gasteiger charge is 2.16. The molecule has 2 N–H and O–H groups in total. The van der Waals surface area contributed by atoms with Crippen LogP contribution in [0.3, 0.4) is 0 Å². The van der Waals surface area contributed by atoms with Crippen LogP contribution < -0.4 is 10.6 Å². The second-order valence-corrected chi connectivity index (χ2v) is 4.39. The van der Waals surface area contributed by atoms with Crippen LogP contribution in [-0.2, 0) is 0 Å². The molecule has 0 spiro atoms. The average Bonchev–Trinajstić information content (AvgIpc) is 2.41. The maximum Gasteiger partial charge on any atom is 0.258 e. The van der Waals surface area contributed by atoms with E-state index < -0.39 is 5.82 Å². The van der Waals surface area contributed by atoms with Crippen LogP contribution in [0.2, 0.25) is 0 Å². The summed E-state index contributed by atoms with van der Waals surface area (Å²) in [4.78, 5) is 13.6. The minimum absolute atomic E-state index is 0.252. The molecule has 0 saturated heterocycles. The quantitative estimate of drug-likeness (QED) is 0.842. The number of nitrogen functional groups attached to an aromatic ring is 1. The highest BCUT2D eigenvalue weighted by Crippen LogP contribution is 2.20. The van der Waals surface area contributed by atoms with Gasteiger partial charge in [-0.15, -0.1) is 0 Å². The van der Waals surface area contributed by atoms with Crippen LogP contribution >= 0.6 is 0 Å². The fourth-order valence-corrected chi connectivity index (χ4v) is 1.84. The number of benzene rings is 2. The third-order valence-corrected chi connectivity index (χ3v) is 3.04. The van der Waals surface area contributed by atoms with Gasteiger partial charge in [-0.2, -0.15) is 0 Å². The van der Waals surface area contributed by atoms with Crippen molar-refractivity contribution in [2.75, 3.05) is 17.7 Å². The van der Waals surface area contributed by atoms with Gasteiger partial charge in [0.2, 0.25) is 0 Å². The minimum atomic E-state index is -0.425. The molecule has 2 aromatic carbocycles. The largest absolute Gasteiger partial charge is 0.399 e. The van der Waals surface area contributed by atoms with Gasteiger partial charge < -0.3 is 10.6 Å². The molecule has 98 valence electrons. The Morgan fingerprint density at radius 2 is 1.89 bits per heavy atom. The first-order chi connectivity index (χ1) is 9.00. The van der Waals surface area contributed by atoms with Crippen LogP contribution in [0.25, 0.3) is 0 Å². The molecule has 0 atom stereocenters. The standard InChI is InChI=1S/C15H15FN2O/c1-10-9-11(7-8-13(10)17)15(19)18(2)14-6-4-3-5-12(14)16/h3-9H,17H2,1-2H3. The summed E-state index contributed by atoms with van der Waals surface area (Å²) in [7, 11) is 1.55. The third kappa shape index (κ3) is 2.57. The van der Waals surface area contributed by atoms with Crippen molar-refractivity contribution in [3.05, 3.63) is 59.4 Å². The number of rotatable bonds is 2. The van der Waals surface area contributed by atoms with Gasteiger partial charge in [0, 0.05) is 18.3 Å². The Morgan fingerprint density at radius 1 is 1.21 bits per heavy atom. The number of carbonyl (C=O) groups excluding carboxylic acids is 1. The number of para-hydroxylation sites is 1. The Morgan fingerprint density at radius 3 is 2.53 bits per heavy atom. The van der Waals surface area contributed by atoms with E-state index >= 15 is 0 Å². The molecule has 0 unspecified atom stereocenters. The Kier molecular flexibility index (Phi) is 3.51. The van der Waals surface area contributed by atoms with Crippen molar-refractivity contribution in [2.45, 2.75) is 6.92 Å². The number of nitrogens with two attached hydrogens (primary N) is 1. The predicted octanol–water partition coefficient (Wildman–Crippen LogP) is 2.99. The van der Waals surface area contributed by atoms with Crippen LogP contribution in [-0.4, -0.2) is 13.0 Å². The molecule has 19 heavy (non-hydrogen) atoms. The summed E-state index contributed by atoms with van der Waals surface area (Å²) in [6, 6.07) is 11.2. The van der Waals surface area contributed by atoms with E-state index in [1.807, 2.05) is 6.92 Å². The Bertz CT molecular complexity index is 625. The highest BCUT2D eigenvalue weighted by molar-refractivity contribution is 6.06. The number of hydrogen-bond donors (Lipinski definition) is 1. The van der Waals surface area contributed by atoms with E-state index in [0.29, 0.717) is 11.3 Å². The summed E-state index contributed by atoms with van der Waals surface area (Å²) in [5.41, 5.74) is 7.91. The lowest BCUT2D eigenvalue weighted by Gasteiger charge is -2.18. The Hall–Kier alpha value is -2.36. The maximum atomic E-state index is 13.6. The molecule has 2 aromatic rings. The van der Waals surface area contributed by atoms with Gasteiger partial charge in [0.15, 0.2) is 0 Å². The van der Waals surface area contributed by atoms with E-state index in [4.69, 9.17) is 5.73 Å². The zero-order valence-electron chi connectivity index (χ0n) is 10.9. The normalized spacial score (nSPS) is 10.3. The molecule has 0 aromatic heterocycles. The number of carbonyl (C=O) groups is 1. The van der Waals surface area contributed by atoms with Crippen molar-refractivity contribution in [2.24, 2.45) is 0 Å². The smallest absolute Gasteiger partial charge is 0.258 e. The summed E-state index contributed by atoms with van der Waals surface area (Å²) in [5, 5.41) is 0. The van der Waals surface area contributed by atoms with Gasteiger partial charge in [0.05, 0.1) is 5.69 Å². The third-order valence-electron chi connectivity index (χ3n) is 3.04. The van der Waals surface area contributed by atoms with Gasteiger partial charge in [0.25, 0.3) is 5.91 Å². The first-order valence-corrected chi connectivity index (χ1v) is 5.89. The molecule has 0 aliphatic carbocycles. The lowest BCUT2D eigenvalue weighted by atomic mass is 10.1. The molecule has 0 bridgehead atoms. The number of nitrogens with zero attached hydrogens (tertiary/aromatic N) is 1. The SMILES string of the molecule is Cc1cc(C(=O)N(C)c2ccccc2F)ccc1N. The average molecular weight is 258 g/mol. The topological polar surface area (TPSA) is 46.3 Å². The lowest BCUT2D eigenvalue weighted by molar-refractivity contribution is 0.0992. The van der Waals surface area contributed by atoms with Gasteiger partial charge in [-0.1, -0.05) is 12.1 Å². The van der Waals surface area contributed by atoms with Gasteiger partial charge in [-0.3, -0.25) is 4.79 Å². The van der Waals surface area contributed by atoms with Gasteiger partial charge in [-0.25, -0.2) is 4.39 Å². The van der Waals surface area contributed by atoms with E-state index in [1.54, 1.807) is 43.4 Å². The van der Waals surface area contributed by atoms with Crippen molar-refractivity contribution in [3.63, 3.8) is 0 Å². The van der Waals surface area contributed by atoms with Crippen LogP contribution in [0.15, 0.2) is 42.5 Å². The van der Waals surface area contributed by atoms with Crippen molar-refractivity contribution in [1.82, 2.24) is 0 Å². The fraction of sp³-hybridized carbons (Fsp3) is 0.133. The maximum absolute atomic E-state index is 13.6. The lowest BCUT2D eigenvalue weighted by Crippen LogP contribution is -2.27. The van der Waals surface area contributed by atoms with Crippen LogP contribution in [0, 0.1) is 12.7 Å².